The lowest BCUT2D eigenvalue weighted by Gasteiger charge is -2.18. The maximum absolute atomic E-state index is 12.9. The predicted octanol–water partition coefficient (Wildman–Crippen LogP) is 1.90. The first-order chi connectivity index (χ1) is 14.7. The van der Waals surface area contributed by atoms with E-state index >= 15 is 0 Å². The van der Waals surface area contributed by atoms with Crippen LogP contribution in [0.2, 0.25) is 0 Å². The summed E-state index contributed by atoms with van der Waals surface area (Å²) in [5.41, 5.74) is 0.251. The Balaban J connectivity index is 0.000000133. The monoisotopic (exact) mass is 407 g/mol. The smallest absolute Gasteiger partial charge is 0.263 e. The Morgan fingerprint density at radius 3 is 2.73 bits per heavy atom. The molecule has 2 atom stereocenters. The summed E-state index contributed by atoms with van der Waals surface area (Å²) in [7, 11) is 0. The average Bonchev–Trinajstić information content (AvgIpc) is 3.14. The van der Waals surface area contributed by atoms with E-state index in [4.69, 9.17) is 4.52 Å². The summed E-state index contributed by atoms with van der Waals surface area (Å²) in [6.45, 7) is 2.35. The van der Waals surface area contributed by atoms with Gasteiger partial charge in [0, 0.05) is 31.5 Å². The fourth-order valence-electron chi connectivity index (χ4n) is 3.67. The molecule has 9 nitrogen and oxygen atoms in total. The lowest BCUT2D eigenvalue weighted by Crippen LogP contribution is -2.22. The fraction of sp³-hybridized carbons (Fsp3) is 0.300. The molecule has 2 aliphatic rings. The van der Waals surface area contributed by atoms with Crippen LogP contribution in [0.15, 0.2) is 58.6 Å². The number of anilines is 1. The van der Waals surface area contributed by atoms with E-state index in [-0.39, 0.29) is 17.9 Å². The van der Waals surface area contributed by atoms with Crippen molar-refractivity contribution in [1.82, 2.24) is 29.7 Å². The van der Waals surface area contributed by atoms with E-state index in [0.29, 0.717) is 16.9 Å². The Bertz CT molecular complexity index is 1220. The number of fused-ring (bicyclic) bond motifs is 2. The van der Waals surface area contributed by atoms with Crippen LogP contribution in [0.25, 0.3) is 11.0 Å². The molecule has 2 fully saturated rings. The number of nitrogens with zero attached hydrogens (tertiary/aromatic N) is 7. The third-order valence-electron chi connectivity index (χ3n) is 5.32. The van der Waals surface area contributed by atoms with Crippen LogP contribution in [0.3, 0.4) is 0 Å². The Kier molecular flexibility index (Phi) is 4.66. The molecule has 0 unspecified atom stereocenters. The van der Waals surface area contributed by atoms with Gasteiger partial charge in [0.1, 0.15) is 24.5 Å². The van der Waals surface area contributed by atoms with Gasteiger partial charge in [-0.15, -0.1) is 0 Å². The van der Waals surface area contributed by atoms with Crippen LogP contribution in [0.5, 0.6) is 0 Å². The molecule has 0 N–H and O–H groups in total. The number of piperidine rings is 1. The molecule has 4 aromatic rings. The van der Waals surface area contributed by atoms with Gasteiger partial charge in [-0.05, 0) is 36.5 Å². The molecule has 0 aromatic carbocycles. The number of hydrogen-bond donors (Lipinski definition) is 0. The maximum atomic E-state index is 12.9. The van der Waals surface area contributed by atoms with Gasteiger partial charge in [0.05, 0.1) is 5.39 Å². The molecular formula is C20H18FN7O2. The van der Waals surface area contributed by atoms with Crippen LogP contribution in [-0.2, 0) is 6.54 Å². The first kappa shape index (κ1) is 18.3. The molecule has 0 spiro atoms. The normalized spacial score (nSPS) is 19.3. The van der Waals surface area contributed by atoms with Crippen LogP contribution >= 0.6 is 0 Å². The number of pyridine rings is 2. The van der Waals surface area contributed by atoms with Gasteiger partial charge in [0.25, 0.3) is 5.56 Å². The number of hydrogen-bond acceptors (Lipinski definition) is 8. The molecule has 0 amide bonds. The first-order valence-electron chi connectivity index (χ1n) is 9.59. The largest absolute Gasteiger partial charge is 0.356 e. The molecule has 6 rings (SSSR count). The van der Waals surface area contributed by atoms with Crippen molar-refractivity contribution in [2.75, 3.05) is 18.0 Å². The van der Waals surface area contributed by atoms with Gasteiger partial charge in [-0.2, -0.15) is 4.98 Å². The summed E-state index contributed by atoms with van der Waals surface area (Å²) in [5, 5.41) is 3.94. The van der Waals surface area contributed by atoms with Gasteiger partial charge in [-0.25, -0.2) is 19.3 Å². The van der Waals surface area contributed by atoms with Crippen LogP contribution in [0.1, 0.15) is 12.3 Å². The SMILES string of the molecule is Fc1ccnc(N2C[C@H]3C[C@H]3C2)c1.O=c1c2cccnc2ncn1Cc1ncno1. The highest BCUT2D eigenvalue weighted by Gasteiger charge is 2.45. The van der Waals surface area contributed by atoms with Crippen LogP contribution in [0.4, 0.5) is 10.2 Å². The van der Waals surface area contributed by atoms with Crippen LogP contribution in [0, 0.1) is 17.7 Å². The van der Waals surface area contributed by atoms with Crippen LogP contribution < -0.4 is 10.5 Å². The number of rotatable bonds is 3. The highest BCUT2D eigenvalue weighted by Crippen LogP contribution is 2.45. The van der Waals surface area contributed by atoms with E-state index in [9.17, 15) is 9.18 Å². The lowest BCUT2D eigenvalue weighted by atomic mass is 10.3. The molecule has 1 aliphatic carbocycles. The van der Waals surface area contributed by atoms with Crippen molar-refractivity contribution in [2.24, 2.45) is 11.8 Å². The van der Waals surface area contributed by atoms with Gasteiger partial charge < -0.3 is 9.42 Å². The van der Waals surface area contributed by atoms with Gasteiger partial charge in [0.15, 0.2) is 12.0 Å². The third kappa shape index (κ3) is 3.76. The van der Waals surface area contributed by atoms with Crippen LogP contribution in [-0.4, -0.2) is 42.7 Å². The highest BCUT2D eigenvalue weighted by molar-refractivity contribution is 5.72. The summed E-state index contributed by atoms with van der Waals surface area (Å²) in [6, 6.07) is 6.29. The molecule has 1 saturated heterocycles. The minimum Gasteiger partial charge on any atom is -0.356 e. The summed E-state index contributed by atoms with van der Waals surface area (Å²) in [6.07, 6.45) is 7.20. The Morgan fingerprint density at radius 2 is 1.97 bits per heavy atom. The molecule has 1 aliphatic heterocycles. The number of aromatic nitrogens is 6. The second kappa shape index (κ2) is 7.62. The Morgan fingerprint density at radius 1 is 1.10 bits per heavy atom. The second-order valence-corrected chi connectivity index (χ2v) is 7.38. The van der Waals surface area contributed by atoms with E-state index in [0.717, 1.165) is 30.7 Å². The van der Waals surface area contributed by atoms with E-state index in [1.807, 2.05) is 0 Å². The highest BCUT2D eigenvalue weighted by atomic mass is 19.1. The summed E-state index contributed by atoms with van der Waals surface area (Å²) < 4.78 is 19.1. The zero-order chi connectivity index (χ0) is 20.5. The van der Waals surface area contributed by atoms with Gasteiger partial charge in [0.2, 0.25) is 5.89 Å². The topological polar surface area (TPSA) is 103 Å². The van der Waals surface area contributed by atoms with Crippen molar-refractivity contribution in [3.8, 4) is 0 Å². The molecule has 5 heterocycles. The van der Waals surface area contributed by atoms with Crippen molar-refractivity contribution < 1.29 is 8.91 Å². The first-order valence-corrected chi connectivity index (χ1v) is 9.59. The van der Waals surface area contributed by atoms with Gasteiger partial charge in [-0.3, -0.25) is 9.36 Å². The zero-order valence-corrected chi connectivity index (χ0v) is 15.9. The minimum absolute atomic E-state index is 0.179. The molecule has 4 aromatic heterocycles. The lowest BCUT2D eigenvalue weighted by molar-refractivity contribution is 0.368. The minimum atomic E-state index is -0.189. The van der Waals surface area contributed by atoms with Crippen molar-refractivity contribution in [2.45, 2.75) is 13.0 Å². The molecule has 1 saturated carbocycles. The number of halogens is 1. The van der Waals surface area contributed by atoms with Gasteiger partial charge in [-0.1, -0.05) is 5.16 Å². The molecule has 10 heteroatoms. The third-order valence-corrected chi connectivity index (χ3v) is 5.32. The van der Waals surface area contributed by atoms with E-state index in [1.54, 1.807) is 18.3 Å². The maximum Gasteiger partial charge on any atom is 0.263 e. The van der Waals surface area contributed by atoms with E-state index in [1.165, 1.54) is 42.0 Å². The Hall–Kier alpha value is -3.69. The molecule has 152 valence electrons. The fourth-order valence-corrected chi connectivity index (χ4v) is 3.67. The average molecular weight is 407 g/mol. The van der Waals surface area contributed by atoms with Crippen molar-refractivity contribution >= 4 is 16.9 Å². The van der Waals surface area contributed by atoms with Gasteiger partial charge >= 0.3 is 0 Å². The second-order valence-electron chi connectivity index (χ2n) is 7.38. The molecular weight excluding hydrogens is 389 g/mol. The Labute approximate surface area is 170 Å². The quantitative estimate of drug-likeness (QED) is 0.507. The molecule has 0 radical (unpaired) electrons. The van der Waals surface area contributed by atoms with Crippen molar-refractivity contribution in [3.05, 3.63) is 71.4 Å². The van der Waals surface area contributed by atoms with Crippen molar-refractivity contribution in [3.63, 3.8) is 0 Å². The van der Waals surface area contributed by atoms with Crippen molar-refractivity contribution in [1.29, 1.82) is 0 Å². The summed E-state index contributed by atoms with van der Waals surface area (Å²) in [5.74, 6) is 2.70. The molecule has 30 heavy (non-hydrogen) atoms. The van der Waals surface area contributed by atoms with E-state index in [2.05, 4.69) is 30.0 Å². The molecule has 0 bridgehead atoms. The predicted molar refractivity (Wildman–Crippen MR) is 105 cm³/mol. The summed E-state index contributed by atoms with van der Waals surface area (Å²) >= 11 is 0. The summed E-state index contributed by atoms with van der Waals surface area (Å²) in [4.78, 5) is 30.3. The standard InChI is InChI=1S/C10H11FN2.C10H7N5O2/c11-9-1-2-12-10(4-9)13-5-7-3-8(7)6-13;16-10-7-2-1-3-11-9(7)13-6-15(10)4-8-12-5-14-17-8/h1-2,4,7-8H,3,5-6H2;1-3,5-6H,4H2/t7-,8+;. The zero-order valence-electron chi connectivity index (χ0n) is 15.9. The van der Waals surface area contributed by atoms with E-state index < -0.39 is 0 Å².